The van der Waals surface area contributed by atoms with Crippen molar-refractivity contribution in [1.82, 2.24) is 4.67 Å². The number of hydrogen-bond acceptors (Lipinski definition) is 1. The molecule has 1 aromatic carbocycles. The van der Waals surface area contributed by atoms with Crippen LogP contribution < -0.4 is 0 Å². The van der Waals surface area contributed by atoms with E-state index in [1.807, 2.05) is 6.07 Å². The van der Waals surface area contributed by atoms with Gasteiger partial charge in [0.2, 0.25) is 0 Å². The lowest BCUT2D eigenvalue weighted by Gasteiger charge is -2.39. The van der Waals surface area contributed by atoms with Crippen LogP contribution >= 0.6 is 7.29 Å². The first-order valence-electron chi connectivity index (χ1n) is 7.86. The largest absolute Gasteiger partial charge is 0.306 e. The summed E-state index contributed by atoms with van der Waals surface area (Å²) < 4.78 is 16.0. The Hall–Kier alpha value is -0.590. The van der Waals surface area contributed by atoms with Crippen LogP contribution in [0.15, 0.2) is 30.3 Å². The molecule has 0 unspecified atom stereocenters. The Labute approximate surface area is 124 Å². The third-order valence-corrected chi connectivity index (χ3v) is 8.59. The second kappa shape index (κ2) is 6.45. The van der Waals surface area contributed by atoms with Gasteiger partial charge in [0.1, 0.15) is 0 Å². The fourth-order valence-corrected chi connectivity index (χ4v) is 8.01. The lowest BCUT2D eigenvalue weighted by molar-refractivity contribution is 0.297. The molecular weight excluding hydrogens is 265 g/mol. The fourth-order valence-electron chi connectivity index (χ4n) is 3.75. The number of hydrogen-bond donors (Lipinski definition) is 0. The van der Waals surface area contributed by atoms with Gasteiger partial charge in [-0.05, 0) is 52.5 Å². The van der Waals surface area contributed by atoms with Gasteiger partial charge in [0.15, 0.2) is 7.29 Å². The number of benzene rings is 1. The first kappa shape index (κ1) is 15.8. The molecular formula is C17H28NOP. The first-order chi connectivity index (χ1) is 9.45. The summed E-state index contributed by atoms with van der Waals surface area (Å²) in [6.45, 7) is 8.71. The van der Waals surface area contributed by atoms with Crippen LogP contribution in [-0.2, 0) is 11.0 Å². The third-order valence-electron chi connectivity index (χ3n) is 4.35. The Morgan fingerprint density at radius 2 is 1.75 bits per heavy atom. The van der Waals surface area contributed by atoms with Gasteiger partial charge in [-0.2, -0.15) is 0 Å². The highest BCUT2D eigenvalue weighted by molar-refractivity contribution is 7.62. The van der Waals surface area contributed by atoms with Gasteiger partial charge >= 0.3 is 0 Å². The predicted octanol–water partition coefficient (Wildman–Crippen LogP) is 4.79. The van der Waals surface area contributed by atoms with Gasteiger partial charge in [-0.15, -0.1) is 0 Å². The van der Waals surface area contributed by atoms with Gasteiger partial charge in [0.05, 0.1) is 0 Å². The molecule has 0 bridgehead atoms. The normalized spacial score (nSPS) is 26.9. The Morgan fingerprint density at radius 1 is 1.15 bits per heavy atom. The molecule has 1 aromatic rings. The average molecular weight is 293 g/mol. The topological polar surface area (TPSA) is 20.3 Å². The lowest BCUT2D eigenvalue weighted by atomic mass is 10.1. The molecule has 3 heteroatoms. The van der Waals surface area contributed by atoms with E-state index in [0.29, 0.717) is 17.7 Å². The minimum atomic E-state index is -2.23. The fraction of sp³-hybridized carbons (Fsp3) is 0.647. The predicted molar refractivity (Wildman–Crippen MR) is 87.8 cm³/mol. The molecule has 1 heterocycles. The summed E-state index contributed by atoms with van der Waals surface area (Å²) in [6.07, 6.45) is 4.10. The van der Waals surface area contributed by atoms with E-state index in [1.165, 1.54) is 5.56 Å². The van der Waals surface area contributed by atoms with Crippen LogP contribution in [0.3, 0.4) is 0 Å². The molecule has 0 aromatic heterocycles. The SMILES string of the molecule is CC(C)N(C(C)C)[P@@]1(=O)CCC[C@H]1Cc1ccccc1. The van der Waals surface area contributed by atoms with E-state index in [2.05, 4.69) is 56.6 Å². The summed E-state index contributed by atoms with van der Waals surface area (Å²) in [4.78, 5) is 0. The van der Waals surface area contributed by atoms with E-state index in [4.69, 9.17) is 0 Å². The second-order valence-corrected chi connectivity index (χ2v) is 9.68. The average Bonchev–Trinajstić information content (AvgIpc) is 2.71. The maximum absolute atomic E-state index is 13.7. The zero-order chi connectivity index (χ0) is 14.8. The van der Waals surface area contributed by atoms with Crippen molar-refractivity contribution >= 4 is 7.29 Å². The van der Waals surface area contributed by atoms with Crippen molar-refractivity contribution in [3.05, 3.63) is 35.9 Å². The highest BCUT2D eigenvalue weighted by Crippen LogP contribution is 2.63. The highest BCUT2D eigenvalue weighted by atomic mass is 31.2. The maximum atomic E-state index is 13.7. The number of rotatable bonds is 5. The molecule has 1 aliphatic rings. The zero-order valence-electron chi connectivity index (χ0n) is 13.2. The van der Waals surface area contributed by atoms with Crippen LogP contribution in [0.4, 0.5) is 0 Å². The van der Waals surface area contributed by atoms with Gasteiger partial charge < -0.3 is 4.57 Å². The van der Waals surface area contributed by atoms with Crippen LogP contribution in [0.5, 0.6) is 0 Å². The molecule has 20 heavy (non-hydrogen) atoms. The number of nitrogens with zero attached hydrogens (tertiary/aromatic N) is 1. The Morgan fingerprint density at radius 3 is 2.30 bits per heavy atom. The van der Waals surface area contributed by atoms with Crippen LogP contribution in [-0.4, -0.2) is 28.6 Å². The van der Waals surface area contributed by atoms with Gasteiger partial charge in [0.25, 0.3) is 0 Å². The molecule has 0 spiro atoms. The van der Waals surface area contributed by atoms with E-state index < -0.39 is 7.29 Å². The van der Waals surface area contributed by atoms with Crippen molar-refractivity contribution < 1.29 is 4.57 Å². The minimum absolute atomic E-state index is 0.342. The summed E-state index contributed by atoms with van der Waals surface area (Å²) in [5.41, 5.74) is 1.67. The molecule has 0 amide bonds. The molecule has 0 aliphatic carbocycles. The summed E-state index contributed by atoms with van der Waals surface area (Å²) in [5, 5.41) is 0. The van der Waals surface area contributed by atoms with Gasteiger partial charge in [-0.3, -0.25) is 0 Å². The van der Waals surface area contributed by atoms with Crippen molar-refractivity contribution in [2.24, 2.45) is 0 Å². The Balaban J connectivity index is 2.23. The summed E-state index contributed by atoms with van der Waals surface area (Å²) in [6, 6.07) is 11.3. The second-order valence-electron chi connectivity index (χ2n) is 6.53. The minimum Gasteiger partial charge on any atom is -0.306 e. The quantitative estimate of drug-likeness (QED) is 0.728. The molecule has 0 radical (unpaired) electrons. The molecule has 1 fully saturated rings. The molecule has 112 valence electrons. The van der Waals surface area contributed by atoms with E-state index in [9.17, 15) is 4.57 Å². The maximum Gasteiger partial charge on any atom is 0.154 e. The van der Waals surface area contributed by atoms with Crippen molar-refractivity contribution in [3.8, 4) is 0 Å². The van der Waals surface area contributed by atoms with E-state index in [-0.39, 0.29) is 0 Å². The first-order valence-corrected chi connectivity index (χ1v) is 9.78. The van der Waals surface area contributed by atoms with Crippen LogP contribution in [0.25, 0.3) is 0 Å². The highest BCUT2D eigenvalue weighted by Gasteiger charge is 2.44. The van der Waals surface area contributed by atoms with E-state index in [0.717, 1.165) is 25.4 Å². The summed E-state index contributed by atoms with van der Waals surface area (Å²) >= 11 is 0. The zero-order valence-corrected chi connectivity index (χ0v) is 14.1. The van der Waals surface area contributed by atoms with E-state index >= 15 is 0 Å². The summed E-state index contributed by atoms with van der Waals surface area (Å²) in [7, 11) is -2.23. The standard InChI is InChI=1S/C17H28NOP/c1-14(2)18(15(3)4)20(19)12-8-11-17(20)13-16-9-6-5-7-10-16/h5-7,9-10,14-15,17H,8,11-13H2,1-4H3/t17-,20+/m0/s1. The third kappa shape index (κ3) is 3.18. The summed E-state index contributed by atoms with van der Waals surface area (Å²) in [5.74, 6) is 0. The van der Waals surface area contributed by atoms with Crippen molar-refractivity contribution in [3.63, 3.8) is 0 Å². The molecule has 1 aliphatic heterocycles. The van der Waals surface area contributed by atoms with Crippen LogP contribution in [0.2, 0.25) is 0 Å². The Kier molecular flexibility index (Phi) is 5.09. The smallest absolute Gasteiger partial charge is 0.154 e. The molecule has 0 saturated carbocycles. The lowest BCUT2D eigenvalue weighted by Crippen LogP contribution is -2.37. The molecule has 2 atom stereocenters. The van der Waals surface area contributed by atoms with Gasteiger partial charge in [-0.1, -0.05) is 30.3 Å². The van der Waals surface area contributed by atoms with Gasteiger partial charge in [0, 0.05) is 23.9 Å². The molecule has 0 N–H and O–H groups in total. The van der Waals surface area contributed by atoms with Crippen molar-refractivity contribution in [1.29, 1.82) is 0 Å². The Bertz CT molecular complexity index is 461. The van der Waals surface area contributed by atoms with E-state index in [1.54, 1.807) is 0 Å². The monoisotopic (exact) mass is 293 g/mol. The molecule has 1 saturated heterocycles. The van der Waals surface area contributed by atoms with Crippen LogP contribution in [0.1, 0.15) is 46.1 Å². The van der Waals surface area contributed by atoms with Crippen molar-refractivity contribution in [2.75, 3.05) is 6.16 Å². The molecule has 2 nitrogen and oxygen atoms in total. The van der Waals surface area contributed by atoms with Gasteiger partial charge in [-0.25, -0.2) is 4.67 Å². The van der Waals surface area contributed by atoms with Crippen molar-refractivity contribution in [2.45, 2.75) is 64.7 Å². The van der Waals surface area contributed by atoms with Crippen LogP contribution in [0, 0.1) is 0 Å². The molecule has 2 rings (SSSR count).